The first-order chi connectivity index (χ1) is 12.8. The summed E-state index contributed by atoms with van der Waals surface area (Å²) in [7, 11) is 0. The highest BCUT2D eigenvalue weighted by Crippen LogP contribution is 2.41. The van der Waals surface area contributed by atoms with E-state index in [0.29, 0.717) is 16.3 Å². The average Bonchev–Trinajstić information content (AvgIpc) is 2.87. The van der Waals surface area contributed by atoms with Crippen molar-refractivity contribution in [2.45, 2.75) is 26.3 Å². The number of carbonyl (C=O) groups excluding carboxylic acids is 2. The maximum Gasteiger partial charge on any atom is 0.294 e. The topological polar surface area (TPSA) is 57.6 Å². The average molecular weight is 388 g/mol. The number of aliphatic hydroxyl groups is 1. The first kappa shape index (κ1) is 19.1. The fraction of sp³-hybridized carbons (Fsp3) is 0.238. The minimum Gasteiger partial charge on any atom is -0.503 e. The van der Waals surface area contributed by atoms with Gasteiger partial charge in [0.2, 0.25) is 0 Å². The van der Waals surface area contributed by atoms with E-state index in [1.165, 1.54) is 29.2 Å². The zero-order chi connectivity index (χ0) is 19.7. The third-order valence-electron chi connectivity index (χ3n) is 4.39. The Bertz CT molecular complexity index is 904. The number of ketones is 1. The fourth-order valence-electron chi connectivity index (χ4n) is 3.20. The molecule has 1 N–H and O–H groups in total. The van der Waals surface area contributed by atoms with Crippen molar-refractivity contribution in [2.24, 2.45) is 5.92 Å². The molecule has 6 heteroatoms. The number of nitrogens with zero attached hydrogens (tertiary/aromatic N) is 1. The summed E-state index contributed by atoms with van der Waals surface area (Å²) < 4.78 is 13.4. The van der Waals surface area contributed by atoms with Gasteiger partial charge < -0.3 is 5.11 Å². The van der Waals surface area contributed by atoms with E-state index in [9.17, 15) is 19.1 Å². The SMILES string of the molecule is CC(C)CC(=O)C1=C(O)C(=O)N(c2ccc(Cl)cc2)C1c1ccc(F)cc1. The van der Waals surface area contributed by atoms with Crippen LogP contribution in [0.4, 0.5) is 10.1 Å². The standard InChI is InChI=1S/C21H19ClFNO3/c1-12(2)11-17(25)18-19(13-3-7-15(23)8-4-13)24(21(27)20(18)26)16-9-5-14(22)6-10-16/h3-10,12,19,26H,11H2,1-2H3. The number of anilines is 1. The van der Waals surface area contributed by atoms with Crippen LogP contribution in [0, 0.1) is 11.7 Å². The fourth-order valence-corrected chi connectivity index (χ4v) is 3.33. The number of hydrogen-bond acceptors (Lipinski definition) is 3. The van der Waals surface area contributed by atoms with Crippen molar-refractivity contribution in [3.05, 3.63) is 76.3 Å². The zero-order valence-corrected chi connectivity index (χ0v) is 15.7. The quantitative estimate of drug-likeness (QED) is 0.785. The van der Waals surface area contributed by atoms with Crippen molar-refractivity contribution in [1.82, 2.24) is 0 Å². The van der Waals surface area contributed by atoms with Crippen LogP contribution in [0.2, 0.25) is 5.02 Å². The molecule has 1 atom stereocenters. The molecule has 0 aliphatic carbocycles. The van der Waals surface area contributed by atoms with Gasteiger partial charge in [0, 0.05) is 17.1 Å². The number of amides is 1. The van der Waals surface area contributed by atoms with Crippen LogP contribution in [0.3, 0.4) is 0 Å². The van der Waals surface area contributed by atoms with Gasteiger partial charge in [-0.1, -0.05) is 37.6 Å². The van der Waals surface area contributed by atoms with Crippen LogP contribution in [0.25, 0.3) is 0 Å². The predicted octanol–water partition coefficient (Wildman–Crippen LogP) is 4.99. The Morgan fingerprint density at radius 2 is 1.74 bits per heavy atom. The smallest absolute Gasteiger partial charge is 0.294 e. The molecule has 0 radical (unpaired) electrons. The van der Waals surface area contributed by atoms with Crippen LogP contribution >= 0.6 is 11.6 Å². The van der Waals surface area contributed by atoms with Gasteiger partial charge in [0.05, 0.1) is 11.6 Å². The molecule has 2 aromatic rings. The summed E-state index contributed by atoms with van der Waals surface area (Å²) in [5.74, 6) is -1.90. The normalized spacial score (nSPS) is 17.1. The Kier molecular flexibility index (Phi) is 5.33. The summed E-state index contributed by atoms with van der Waals surface area (Å²) in [4.78, 5) is 26.9. The lowest BCUT2D eigenvalue weighted by atomic mass is 9.92. The number of benzene rings is 2. The Morgan fingerprint density at radius 1 is 1.15 bits per heavy atom. The van der Waals surface area contributed by atoms with Gasteiger partial charge in [-0.3, -0.25) is 14.5 Å². The van der Waals surface area contributed by atoms with E-state index in [0.717, 1.165) is 0 Å². The number of halogens is 2. The molecule has 0 fully saturated rings. The molecule has 0 aromatic heterocycles. The third kappa shape index (κ3) is 3.74. The summed E-state index contributed by atoms with van der Waals surface area (Å²) in [5, 5.41) is 11.0. The van der Waals surface area contributed by atoms with Gasteiger partial charge in [0.1, 0.15) is 5.82 Å². The molecule has 0 saturated heterocycles. The number of carbonyl (C=O) groups is 2. The Morgan fingerprint density at radius 3 is 2.30 bits per heavy atom. The first-order valence-corrected chi connectivity index (χ1v) is 8.98. The second-order valence-electron chi connectivity index (χ2n) is 6.89. The van der Waals surface area contributed by atoms with E-state index in [4.69, 9.17) is 11.6 Å². The molecule has 27 heavy (non-hydrogen) atoms. The molecule has 3 rings (SSSR count). The number of rotatable bonds is 5. The molecule has 0 spiro atoms. The lowest BCUT2D eigenvalue weighted by Crippen LogP contribution is -2.31. The second-order valence-corrected chi connectivity index (χ2v) is 7.33. The van der Waals surface area contributed by atoms with Crippen molar-refractivity contribution < 1.29 is 19.1 Å². The van der Waals surface area contributed by atoms with E-state index in [2.05, 4.69) is 0 Å². The van der Waals surface area contributed by atoms with E-state index >= 15 is 0 Å². The summed E-state index contributed by atoms with van der Waals surface area (Å²) in [5.41, 5.74) is 1.06. The van der Waals surface area contributed by atoms with Crippen molar-refractivity contribution in [3.63, 3.8) is 0 Å². The van der Waals surface area contributed by atoms with Gasteiger partial charge in [0.25, 0.3) is 5.91 Å². The minimum absolute atomic E-state index is 0.0373. The van der Waals surface area contributed by atoms with Gasteiger partial charge in [-0.05, 0) is 47.9 Å². The van der Waals surface area contributed by atoms with Crippen LogP contribution in [0.5, 0.6) is 0 Å². The maximum absolute atomic E-state index is 13.4. The van der Waals surface area contributed by atoms with Gasteiger partial charge >= 0.3 is 0 Å². The molecular formula is C21H19ClFNO3. The summed E-state index contributed by atoms with van der Waals surface area (Å²) >= 11 is 5.93. The van der Waals surface area contributed by atoms with E-state index < -0.39 is 23.5 Å². The molecule has 2 aromatic carbocycles. The summed E-state index contributed by atoms with van der Waals surface area (Å²) in [6, 6.07) is 11.2. The zero-order valence-electron chi connectivity index (χ0n) is 14.9. The molecular weight excluding hydrogens is 369 g/mol. The maximum atomic E-state index is 13.4. The highest BCUT2D eigenvalue weighted by atomic mass is 35.5. The second kappa shape index (κ2) is 7.53. The van der Waals surface area contributed by atoms with E-state index in [-0.39, 0.29) is 23.7 Å². The molecule has 1 aliphatic rings. The van der Waals surface area contributed by atoms with Crippen molar-refractivity contribution in [3.8, 4) is 0 Å². The van der Waals surface area contributed by atoms with Crippen LogP contribution < -0.4 is 4.90 Å². The van der Waals surface area contributed by atoms with Crippen molar-refractivity contribution in [2.75, 3.05) is 4.90 Å². The summed E-state index contributed by atoms with van der Waals surface area (Å²) in [6.07, 6.45) is 0.193. The summed E-state index contributed by atoms with van der Waals surface area (Å²) in [6.45, 7) is 3.77. The van der Waals surface area contributed by atoms with Crippen LogP contribution in [-0.4, -0.2) is 16.8 Å². The van der Waals surface area contributed by atoms with Crippen molar-refractivity contribution in [1.29, 1.82) is 0 Å². The number of aliphatic hydroxyl groups excluding tert-OH is 1. The van der Waals surface area contributed by atoms with E-state index in [1.54, 1.807) is 24.3 Å². The predicted molar refractivity (Wildman–Crippen MR) is 102 cm³/mol. The van der Waals surface area contributed by atoms with Crippen LogP contribution in [0.1, 0.15) is 31.9 Å². The third-order valence-corrected chi connectivity index (χ3v) is 4.64. The lowest BCUT2D eigenvalue weighted by molar-refractivity contribution is -0.118. The van der Waals surface area contributed by atoms with Gasteiger partial charge in [-0.15, -0.1) is 0 Å². The molecule has 1 unspecified atom stereocenters. The molecule has 0 bridgehead atoms. The molecule has 1 amide bonds. The Labute approximate surface area is 161 Å². The highest BCUT2D eigenvalue weighted by Gasteiger charge is 2.44. The minimum atomic E-state index is -0.828. The number of Topliss-reactive ketones (excluding diaryl/α,β-unsaturated/α-hetero) is 1. The largest absolute Gasteiger partial charge is 0.503 e. The molecule has 4 nitrogen and oxygen atoms in total. The molecule has 0 saturated carbocycles. The molecule has 1 aliphatic heterocycles. The van der Waals surface area contributed by atoms with Crippen LogP contribution in [0.15, 0.2) is 59.9 Å². The van der Waals surface area contributed by atoms with Gasteiger partial charge in [-0.25, -0.2) is 4.39 Å². The lowest BCUT2D eigenvalue weighted by Gasteiger charge is -2.27. The van der Waals surface area contributed by atoms with Gasteiger partial charge in [0.15, 0.2) is 11.5 Å². The highest BCUT2D eigenvalue weighted by molar-refractivity contribution is 6.30. The van der Waals surface area contributed by atoms with Crippen molar-refractivity contribution >= 4 is 29.0 Å². The Balaban J connectivity index is 2.13. The number of hydrogen-bond donors (Lipinski definition) is 1. The first-order valence-electron chi connectivity index (χ1n) is 8.60. The molecule has 140 valence electrons. The van der Waals surface area contributed by atoms with E-state index in [1.807, 2.05) is 13.8 Å². The van der Waals surface area contributed by atoms with Gasteiger partial charge in [-0.2, -0.15) is 0 Å². The van der Waals surface area contributed by atoms with Crippen LogP contribution in [-0.2, 0) is 9.59 Å². The monoisotopic (exact) mass is 387 g/mol. The molecule has 1 heterocycles. The Hall–Kier alpha value is -2.66.